The first-order valence-electron chi connectivity index (χ1n) is 5.92. The second kappa shape index (κ2) is 5.49. The van der Waals surface area contributed by atoms with Gasteiger partial charge in [-0.25, -0.2) is 0 Å². The Morgan fingerprint density at radius 3 is 2.41 bits per heavy atom. The fourth-order valence-electron chi connectivity index (χ4n) is 1.92. The minimum absolute atomic E-state index is 0.000818. The summed E-state index contributed by atoms with van der Waals surface area (Å²) in [5, 5.41) is 0. The second-order valence-electron chi connectivity index (χ2n) is 5.13. The molecule has 1 aliphatic heterocycles. The van der Waals surface area contributed by atoms with Crippen molar-refractivity contribution in [3.8, 4) is 0 Å². The van der Waals surface area contributed by atoms with E-state index in [4.69, 9.17) is 0 Å². The summed E-state index contributed by atoms with van der Waals surface area (Å²) >= 11 is 0. The summed E-state index contributed by atoms with van der Waals surface area (Å²) < 4.78 is 4.53. The highest BCUT2D eigenvalue weighted by Gasteiger charge is 2.32. The Bertz CT molecular complexity index is 302. The van der Waals surface area contributed by atoms with Crippen LogP contribution >= 0.6 is 0 Å². The second-order valence-corrected chi connectivity index (χ2v) is 5.13. The summed E-state index contributed by atoms with van der Waals surface area (Å²) in [6.45, 7) is 6.56. The molecule has 1 rings (SSSR count). The van der Waals surface area contributed by atoms with Crippen molar-refractivity contribution in [3.63, 3.8) is 0 Å². The topological polar surface area (TPSA) is 49.9 Å². The lowest BCUT2D eigenvalue weighted by Gasteiger charge is -2.45. The number of ether oxygens (including phenoxy) is 1. The Labute approximate surface area is 103 Å². The van der Waals surface area contributed by atoms with E-state index in [-0.39, 0.29) is 30.3 Å². The van der Waals surface area contributed by atoms with Gasteiger partial charge in [0.25, 0.3) is 0 Å². The lowest BCUT2D eigenvalue weighted by atomic mass is 9.99. The number of nitrogens with zero attached hydrogens (tertiary/aromatic N) is 2. The molecule has 1 fully saturated rings. The number of carbonyl (C=O) groups is 2. The number of methoxy groups -OCH3 is 1. The molecule has 17 heavy (non-hydrogen) atoms. The molecule has 0 bridgehead atoms. The van der Waals surface area contributed by atoms with Crippen LogP contribution in [0.2, 0.25) is 0 Å². The number of hydrogen-bond donors (Lipinski definition) is 0. The van der Waals surface area contributed by atoms with Gasteiger partial charge in [0.15, 0.2) is 0 Å². The first kappa shape index (κ1) is 14.0. The first-order valence-corrected chi connectivity index (χ1v) is 5.92. The molecule has 1 saturated heterocycles. The average molecular weight is 242 g/mol. The van der Waals surface area contributed by atoms with Crippen LogP contribution in [0.4, 0.5) is 0 Å². The molecule has 1 aliphatic rings. The van der Waals surface area contributed by atoms with Crippen LogP contribution in [0, 0.1) is 0 Å². The fourth-order valence-corrected chi connectivity index (χ4v) is 1.92. The van der Waals surface area contributed by atoms with Crippen LogP contribution in [-0.2, 0) is 14.3 Å². The summed E-state index contributed by atoms with van der Waals surface area (Å²) in [4.78, 5) is 27.0. The number of likely N-dealkylation sites (N-methyl/N-ethyl adjacent to an activating group) is 1. The van der Waals surface area contributed by atoms with Gasteiger partial charge < -0.3 is 9.64 Å². The molecule has 0 unspecified atom stereocenters. The summed E-state index contributed by atoms with van der Waals surface area (Å²) in [7, 11) is 3.40. The fraction of sp³-hybridized carbons (Fsp3) is 0.833. The molecule has 0 spiro atoms. The van der Waals surface area contributed by atoms with Gasteiger partial charge in [0.05, 0.1) is 13.5 Å². The molecule has 5 heteroatoms. The van der Waals surface area contributed by atoms with Gasteiger partial charge in [0.1, 0.15) is 0 Å². The third kappa shape index (κ3) is 3.70. The summed E-state index contributed by atoms with van der Waals surface area (Å²) in [6.07, 6.45) is 0.411. The van der Waals surface area contributed by atoms with E-state index in [2.05, 4.69) is 30.5 Å². The maximum atomic E-state index is 11.9. The van der Waals surface area contributed by atoms with Crippen LogP contribution in [0.3, 0.4) is 0 Å². The van der Waals surface area contributed by atoms with Crippen LogP contribution in [0.25, 0.3) is 0 Å². The van der Waals surface area contributed by atoms with Crippen molar-refractivity contribution in [1.29, 1.82) is 0 Å². The quantitative estimate of drug-likeness (QED) is 0.676. The Morgan fingerprint density at radius 1 is 1.24 bits per heavy atom. The van der Waals surface area contributed by atoms with Gasteiger partial charge in [-0.3, -0.25) is 14.5 Å². The minimum Gasteiger partial charge on any atom is -0.469 e. The molecule has 0 aromatic carbocycles. The van der Waals surface area contributed by atoms with Crippen LogP contribution in [0.1, 0.15) is 26.7 Å². The van der Waals surface area contributed by atoms with Crippen LogP contribution in [0.15, 0.2) is 0 Å². The molecule has 0 saturated carbocycles. The number of rotatable bonds is 3. The molecule has 1 amide bonds. The van der Waals surface area contributed by atoms with Crippen molar-refractivity contribution in [3.05, 3.63) is 0 Å². The maximum absolute atomic E-state index is 11.9. The van der Waals surface area contributed by atoms with Gasteiger partial charge in [0, 0.05) is 31.6 Å². The van der Waals surface area contributed by atoms with Gasteiger partial charge in [0.2, 0.25) is 5.91 Å². The van der Waals surface area contributed by atoms with E-state index >= 15 is 0 Å². The van der Waals surface area contributed by atoms with Gasteiger partial charge in [-0.2, -0.15) is 0 Å². The zero-order valence-electron chi connectivity index (χ0n) is 11.2. The molecular weight excluding hydrogens is 220 g/mol. The summed E-state index contributed by atoms with van der Waals surface area (Å²) in [5.74, 6) is -0.289. The lowest BCUT2D eigenvalue weighted by Crippen LogP contribution is -2.58. The van der Waals surface area contributed by atoms with Crippen LogP contribution in [0.5, 0.6) is 0 Å². The SMILES string of the molecule is COC(=O)CCC(=O)N1CCN(C)C(C)(C)C1. The molecule has 0 N–H and O–H groups in total. The Balaban J connectivity index is 2.46. The predicted octanol–water partition coefficient (Wildman–Crippen LogP) is 0.492. The van der Waals surface area contributed by atoms with E-state index in [1.54, 1.807) is 0 Å². The highest BCUT2D eigenvalue weighted by Crippen LogP contribution is 2.19. The standard InChI is InChI=1S/C12H22N2O3/c1-12(2)9-14(8-7-13(12)3)10(15)5-6-11(16)17-4/h5-9H2,1-4H3. The highest BCUT2D eigenvalue weighted by atomic mass is 16.5. The lowest BCUT2D eigenvalue weighted by molar-refractivity contribution is -0.144. The Kier molecular flexibility index (Phi) is 4.51. The van der Waals surface area contributed by atoms with E-state index in [0.29, 0.717) is 6.54 Å². The summed E-state index contributed by atoms with van der Waals surface area (Å²) in [6, 6.07) is 0. The molecule has 1 heterocycles. The molecule has 0 aromatic heterocycles. The number of amides is 1. The average Bonchev–Trinajstić information content (AvgIpc) is 2.28. The molecule has 0 atom stereocenters. The predicted molar refractivity (Wildman–Crippen MR) is 64.5 cm³/mol. The van der Waals surface area contributed by atoms with Crippen molar-refractivity contribution < 1.29 is 14.3 Å². The van der Waals surface area contributed by atoms with Gasteiger partial charge >= 0.3 is 5.97 Å². The van der Waals surface area contributed by atoms with Gasteiger partial charge in [-0.05, 0) is 20.9 Å². The molecule has 0 aliphatic carbocycles. The van der Waals surface area contributed by atoms with Crippen molar-refractivity contribution in [2.45, 2.75) is 32.2 Å². The van der Waals surface area contributed by atoms with Crippen LogP contribution < -0.4 is 0 Å². The monoisotopic (exact) mass is 242 g/mol. The highest BCUT2D eigenvalue weighted by molar-refractivity contribution is 5.81. The zero-order chi connectivity index (χ0) is 13.1. The van der Waals surface area contributed by atoms with E-state index in [1.807, 2.05) is 4.90 Å². The third-order valence-electron chi connectivity index (χ3n) is 3.44. The van der Waals surface area contributed by atoms with E-state index in [9.17, 15) is 9.59 Å². The zero-order valence-corrected chi connectivity index (χ0v) is 11.2. The normalized spacial score (nSPS) is 20.1. The summed E-state index contributed by atoms with van der Waals surface area (Å²) in [5.41, 5.74) is -0.000818. The van der Waals surface area contributed by atoms with Crippen molar-refractivity contribution in [2.75, 3.05) is 33.8 Å². The van der Waals surface area contributed by atoms with Crippen molar-refractivity contribution in [2.24, 2.45) is 0 Å². The maximum Gasteiger partial charge on any atom is 0.306 e. The molecule has 5 nitrogen and oxygen atoms in total. The van der Waals surface area contributed by atoms with Gasteiger partial charge in [-0.15, -0.1) is 0 Å². The van der Waals surface area contributed by atoms with Crippen molar-refractivity contribution >= 4 is 11.9 Å². The number of esters is 1. The number of carbonyl (C=O) groups excluding carboxylic acids is 2. The van der Waals surface area contributed by atoms with Gasteiger partial charge in [-0.1, -0.05) is 0 Å². The van der Waals surface area contributed by atoms with E-state index < -0.39 is 0 Å². The van der Waals surface area contributed by atoms with Crippen molar-refractivity contribution in [1.82, 2.24) is 9.80 Å². The third-order valence-corrected chi connectivity index (χ3v) is 3.44. The first-order chi connectivity index (χ1) is 7.86. The Hall–Kier alpha value is -1.10. The Morgan fingerprint density at radius 2 is 1.88 bits per heavy atom. The molecule has 98 valence electrons. The largest absolute Gasteiger partial charge is 0.469 e. The molecular formula is C12H22N2O3. The van der Waals surface area contributed by atoms with E-state index in [0.717, 1.165) is 13.1 Å². The minimum atomic E-state index is -0.327. The molecule has 0 radical (unpaired) electrons. The smallest absolute Gasteiger partial charge is 0.306 e. The van der Waals surface area contributed by atoms with E-state index in [1.165, 1.54) is 7.11 Å². The number of hydrogen-bond acceptors (Lipinski definition) is 4. The number of piperazine rings is 1. The van der Waals surface area contributed by atoms with Crippen LogP contribution in [-0.4, -0.2) is 61.0 Å². The molecule has 0 aromatic rings.